The summed E-state index contributed by atoms with van der Waals surface area (Å²) in [6.07, 6.45) is 0. The van der Waals surface area contributed by atoms with Crippen molar-refractivity contribution in [2.75, 3.05) is 0 Å². The largest absolute Gasteiger partial charge is 0.412 e. The van der Waals surface area contributed by atoms with Crippen molar-refractivity contribution in [2.24, 2.45) is 0 Å². The summed E-state index contributed by atoms with van der Waals surface area (Å²) in [6.45, 7) is 0. The van der Waals surface area contributed by atoms with Crippen molar-refractivity contribution >= 4 is 34.7 Å². The lowest BCUT2D eigenvalue weighted by atomic mass is 9.85. The van der Waals surface area contributed by atoms with Crippen molar-refractivity contribution < 1.29 is 5.48 Å². The number of hydrogen-bond acceptors (Lipinski definition) is 0. The van der Waals surface area contributed by atoms with Crippen LogP contribution in [0.15, 0.2) is 91.0 Å². The second kappa shape index (κ2) is 10.4. The van der Waals surface area contributed by atoms with E-state index in [1.54, 1.807) is 0 Å². The molecule has 22 heavy (non-hydrogen) atoms. The molecule has 0 aliphatic carbocycles. The molecule has 0 fully saturated rings. The zero-order valence-corrected chi connectivity index (χ0v) is 11.2. The highest BCUT2D eigenvalue weighted by atomic mass is 27.0. The first kappa shape index (κ1) is 20.7. The highest BCUT2D eigenvalue weighted by Gasteiger charge is 2.15. The Bertz CT molecular complexity index is 533. The Labute approximate surface area is 153 Å². The van der Waals surface area contributed by atoms with Gasteiger partial charge in [-0.1, -0.05) is 91.0 Å². The van der Waals surface area contributed by atoms with Gasteiger partial charge in [0.15, 0.2) is 34.7 Å². The average Bonchev–Trinajstić information content (AvgIpc) is 2.51. The molecule has 0 bridgehead atoms. The highest BCUT2D eigenvalue weighted by Crippen LogP contribution is 2.31. The lowest BCUT2D eigenvalue weighted by Gasteiger charge is -2.18. The van der Waals surface area contributed by atoms with Gasteiger partial charge in [0.2, 0.25) is 0 Å². The van der Waals surface area contributed by atoms with E-state index in [1.807, 2.05) is 0 Å². The van der Waals surface area contributed by atoms with Crippen LogP contribution in [-0.2, 0) is 0 Å². The topological polar surface area (TPSA) is 31.5 Å². The molecular weight excluding hydrogens is 298 g/mol. The molecule has 0 amide bonds. The highest BCUT2D eigenvalue weighted by molar-refractivity contribution is 5.76. The minimum absolute atomic E-state index is 0. The molecule has 0 aromatic heterocycles. The van der Waals surface area contributed by atoms with Crippen molar-refractivity contribution in [1.29, 1.82) is 0 Å². The molecule has 0 saturated carbocycles. The van der Waals surface area contributed by atoms with Crippen molar-refractivity contribution in [1.82, 2.24) is 0 Å². The summed E-state index contributed by atoms with van der Waals surface area (Å²) in [5.74, 6) is 0.309. The molecule has 0 aliphatic heterocycles. The molecule has 0 unspecified atom stereocenters. The molecule has 0 spiro atoms. The van der Waals surface area contributed by atoms with E-state index >= 15 is 0 Å². The third kappa shape index (κ3) is 4.86. The molecule has 3 heteroatoms. The molecule has 3 rings (SSSR count). The van der Waals surface area contributed by atoms with Gasteiger partial charge in [0.25, 0.3) is 0 Å². The zero-order valence-electron chi connectivity index (χ0n) is 11.2. The van der Waals surface area contributed by atoms with Crippen molar-refractivity contribution in [3.8, 4) is 0 Å². The monoisotopic (exact) mass is 322 g/mol. The lowest BCUT2D eigenvalue weighted by molar-refractivity contribution is 0.824. The second-order valence-electron chi connectivity index (χ2n) is 4.67. The Kier molecular flexibility index (Phi) is 9.79. The van der Waals surface area contributed by atoms with Crippen LogP contribution in [0.1, 0.15) is 22.6 Å². The van der Waals surface area contributed by atoms with Crippen LogP contribution in [0.5, 0.6) is 0 Å². The van der Waals surface area contributed by atoms with Gasteiger partial charge in [-0.3, -0.25) is 0 Å². The first-order valence-corrected chi connectivity index (χ1v) is 6.60. The maximum atomic E-state index is 2.20. The Hall–Kier alpha value is -1.32. The van der Waals surface area contributed by atoms with Gasteiger partial charge in [0.1, 0.15) is 0 Å². The Balaban J connectivity index is 0.00000147. The fourth-order valence-electron chi connectivity index (χ4n) is 2.51. The predicted octanol–water partition coefficient (Wildman–Crippen LogP) is 1.67. The van der Waals surface area contributed by atoms with Gasteiger partial charge in [-0.25, -0.2) is 0 Å². The summed E-state index contributed by atoms with van der Waals surface area (Å²) in [5.41, 5.74) is 4.00. The van der Waals surface area contributed by atoms with Gasteiger partial charge in [-0.15, -0.1) is 0 Å². The molecular formula is C19H24Al2O. The third-order valence-corrected chi connectivity index (χ3v) is 3.40. The molecule has 1 nitrogen and oxygen atoms in total. The van der Waals surface area contributed by atoms with E-state index in [2.05, 4.69) is 91.0 Å². The zero-order chi connectivity index (χ0) is 12.9. The molecule has 0 aliphatic rings. The molecule has 3 aromatic carbocycles. The van der Waals surface area contributed by atoms with E-state index in [1.165, 1.54) is 16.7 Å². The fourth-order valence-corrected chi connectivity index (χ4v) is 2.51. The maximum Gasteiger partial charge on any atom is 0.187 e. The molecule has 3 aromatic rings. The van der Waals surface area contributed by atoms with Crippen LogP contribution in [0.2, 0.25) is 0 Å². The van der Waals surface area contributed by atoms with Crippen LogP contribution in [-0.4, -0.2) is 40.2 Å². The SMILES string of the molecule is O.[AlH3].[AlH3].c1ccc(C(c2ccccc2)c2ccccc2)cc1. The minimum Gasteiger partial charge on any atom is -0.412 e. The number of benzene rings is 3. The minimum atomic E-state index is 0. The maximum absolute atomic E-state index is 2.20. The first-order chi connectivity index (χ1) is 9.45. The Morgan fingerprint density at radius 1 is 0.409 bits per heavy atom. The third-order valence-electron chi connectivity index (χ3n) is 3.40. The molecule has 0 heterocycles. The van der Waals surface area contributed by atoms with Crippen LogP contribution in [0.3, 0.4) is 0 Å². The normalized spacial score (nSPS) is 9.14. The van der Waals surface area contributed by atoms with E-state index in [-0.39, 0.29) is 40.2 Å². The van der Waals surface area contributed by atoms with Crippen LogP contribution >= 0.6 is 0 Å². The summed E-state index contributed by atoms with van der Waals surface area (Å²) < 4.78 is 0. The summed E-state index contributed by atoms with van der Waals surface area (Å²) in [4.78, 5) is 0. The van der Waals surface area contributed by atoms with E-state index < -0.39 is 0 Å². The van der Waals surface area contributed by atoms with Gasteiger partial charge in [0.05, 0.1) is 0 Å². The molecule has 0 radical (unpaired) electrons. The van der Waals surface area contributed by atoms with E-state index in [0.717, 1.165) is 0 Å². The molecule has 0 atom stereocenters. The number of hydrogen-bond donors (Lipinski definition) is 0. The van der Waals surface area contributed by atoms with Crippen LogP contribution < -0.4 is 0 Å². The van der Waals surface area contributed by atoms with Crippen LogP contribution in [0, 0.1) is 0 Å². The molecule has 112 valence electrons. The number of rotatable bonds is 3. The van der Waals surface area contributed by atoms with Gasteiger partial charge in [-0.05, 0) is 16.7 Å². The fraction of sp³-hybridized carbons (Fsp3) is 0.0526. The van der Waals surface area contributed by atoms with Crippen LogP contribution in [0.25, 0.3) is 0 Å². The standard InChI is InChI=1S/C19H16.2Al.H2O.6H/c1-4-10-16(11-5-1)19(17-12-6-2-7-13-17)18-14-8-3-9-15-18;;;;;;;;;/h1-15,19H;;;1H2;;;;;;. The molecule has 0 saturated heterocycles. The predicted molar refractivity (Wildman–Crippen MR) is 104 cm³/mol. The van der Waals surface area contributed by atoms with Gasteiger partial charge in [0, 0.05) is 5.92 Å². The smallest absolute Gasteiger partial charge is 0.187 e. The van der Waals surface area contributed by atoms with Crippen LogP contribution in [0.4, 0.5) is 0 Å². The summed E-state index contributed by atoms with van der Waals surface area (Å²) in [6, 6.07) is 32.0. The van der Waals surface area contributed by atoms with E-state index in [0.29, 0.717) is 5.92 Å². The van der Waals surface area contributed by atoms with Gasteiger partial charge in [-0.2, -0.15) is 0 Å². The molecule has 2 N–H and O–H groups in total. The Morgan fingerprint density at radius 3 is 0.864 bits per heavy atom. The van der Waals surface area contributed by atoms with E-state index in [9.17, 15) is 0 Å². The van der Waals surface area contributed by atoms with Crippen molar-refractivity contribution in [3.05, 3.63) is 108 Å². The lowest BCUT2D eigenvalue weighted by Crippen LogP contribution is -2.02. The van der Waals surface area contributed by atoms with Gasteiger partial charge >= 0.3 is 0 Å². The second-order valence-corrected chi connectivity index (χ2v) is 4.67. The first-order valence-electron chi connectivity index (χ1n) is 6.60. The quantitative estimate of drug-likeness (QED) is 0.519. The van der Waals surface area contributed by atoms with E-state index in [4.69, 9.17) is 0 Å². The summed E-state index contributed by atoms with van der Waals surface area (Å²) in [7, 11) is 0. The Morgan fingerprint density at radius 2 is 0.636 bits per heavy atom. The van der Waals surface area contributed by atoms with Gasteiger partial charge < -0.3 is 5.48 Å². The average molecular weight is 322 g/mol. The summed E-state index contributed by atoms with van der Waals surface area (Å²) in [5, 5.41) is 0. The van der Waals surface area contributed by atoms with Crippen molar-refractivity contribution in [3.63, 3.8) is 0 Å². The van der Waals surface area contributed by atoms with Crippen molar-refractivity contribution in [2.45, 2.75) is 5.92 Å². The summed E-state index contributed by atoms with van der Waals surface area (Å²) >= 11 is 0.